The van der Waals surface area contributed by atoms with E-state index in [-0.39, 0.29) is 24.2 Å². The van der Waals surface area contributed by atoms with E-state index in [2.05, 4.69) is 11.9 Å². The van der Waals surface area contributed by atoms with Crippen molar-refractivity contribution in [2.24, 2.45) is 5.92 Å². The van der Waals surface area contributed by atoms with Gasteiger partial charge in [0.05, 0.1) is 18.6 Å². The lowest BCUT2D eigenvalue weighted by atomic mass is 9.91. The van der Waals surface area contributed by atoms with Gasteiger partial charge in [-0.05, 0) is 30.9 Å². The lowest BCUT2D eigenvalue weighted by Crippen LogP contribution is -2.42. The molecule has 1 aliphatic rings. The number of rotatable bonds is 5. The molecule has 0 saturated carbocycles. The molecule has 3 rings (SSSR count). The Hall–Kier alpha value is -2.57. The SMILES string of the molecule is CCc1ccc([C@@H]2C[C@@H](C)CCN2C(=O)Cn2cncc2C(=O)O)o1. The van der Waals surface area contributed by atoms with Crippen molar-refractivity contribution in [2.75, 3.05) is 6.54 Å². The number of hydrogen-bond donors (Lipinski definition) is 1. The van der Waals surface area contributed by atoms with Crippen LogP contribution < -0.4 is 0 Å². The van der Waals surface area contributed by atoms with Gasteiger partial charge >= 0.3 is 5.97 Å². The Morgan fingerprint density at radius 1 is 1.40 bits per heavy atom. The molecule has 2 atom stereocenters. The highest BCUT2D eigenvalue weighted by atomic mass is 16.4. The molecule has 0 unspecified atom stereocenters. The monoisotopic (exact) mass is 345 g/mol. The Labute approximate surface area is 146 Å². The third-order valence-corrected chi connectivity index (χ3v) is 4.78. The van der Waals surface area contributed by atoms with E-state index in [1.54, 1.807) is 0 Å². The zero-order valence-corrected chi connectivity index (χ0v) is 14.5. The second-order valence-electron chi connectivity index (χ2n) is 6.60. The van der Waals surface area contributed by atoms with Crippen LogP contribution in [0.2, 0.25) is 0 Å². The van der Waals surface area contributed by atoms with Gasteiger partial charge in [0.15, 0.2) is 0 Å². The minimum absolute atomic E-state index is 0.0153. The number of aromatic carboxylic acids is 1. The van der Waals surface area contributed by atoms with E-state index in [9.17, 15) is 14.7 Å². The van der Waals surface area contributed by atoms with Crippen molar-refractivity contribution in [3.63, 3.8) is 0 Å². The Morgan fingerprint density at radius 3 is 2.88 bits per heavy atom. The quantitative estimate of drug-likeness (QED) is 0.900. The molecule has 0 bridgehead atoms. The molecule has 2 aromatic heterocycles. The zero-order chi connectivity index (χ0) is 18.0. The number of imidazole rings is 1. The molecule has 7 heteroatoms. The number of carboxylic acid groups (broad SMARTS) is 1. The number of piperidine rings is 1. The summed E-state index contributed by atoms with van der Waals surface area (Å²) in [5, 5.41) is 9.17. The molecule has 0 spiro atoms. The number of amides is 1. The summed E-state index contributed by atoms with van der Waals surface area (Å²) in [6, 6.07) is 3.80. The van der Waals surface area contributed by atoms with Crippen LogP contribution in [-0.2, 0) is 17.8 Å². The number of carbonyl (C=O) groups excluding carboxylic acids is 1. The van der Waals surface area contributed by atoms with Crippen LogP contribution in [0.25, 0.3) is 0 Å². The highest BCUT2D eigenvalue weighted by molar-refractivity contribution is 5.86. The number of aryl methyl sites for hydroxylation is 1. The molecule has 1 amide bonds. The summed E-state index contributed by atoms with van der Waals surface area (Å²) < 4.78 is 7.27. The number of aromatic nitrogens is 2. The Bertz CT molecular complexity index is 764. The van der Waals surface area contributed by atoms with Gasteiger partial charge in [-0.25, -0.2) is 9.78 Å². The second kappa shape index (κ2) is 7.13. The average Bonchev–Trinajstić information content (AvgIpc) is 3.23. The van der Waals surface area contributed by atoms with Crippen LogP contribution in [-0.4, -0.2) is 38.0 Å². The summed E-state index contributed by atoms with van der Waals surface area (Å²) in [6.07, 6.45) is 5.22. The van der Waals surface area contributed by atoms with E-state index in [0.717, 1.165) is 30.8 Å². The Morgan fingerprint density at radius 2 is 2.20 bits per heavy atom. The van der Waals surface area contributed by atoms with Gasteiger partial charge in [-0.15, -0.1) is 0 Å². The van der Waals surface area contributed by atoms with E-state index >= 15 is 0 Å². The third kappa shape index (κ3) is 3.60. The van der Waals surface area contributed by atoms with Crippen molar-refractivity contribution in [3.05, 3.63) is 41.9 Å². The number of hydrogen-bond acceptors (Lipinski definition) is 4. The van der Waals surface area contributed by atoms with Gasteiger partial charge in [0.1, 0.15) is 23.8 Å². The van der Waals surface area contributed by atoms with Crippen LogP contribution in [0.15, 0.2) is 29.1 Å². The van der Waals surface area contributed by atoms with Gasteiger partial charge in [-0.2, -0.15) is 0 Å². The van der Waals surface area contributed by atoms with Gasteiger partial charge in [0.2, 0.25) is 5.91 Å². The van der Waals surface area contributed by atoms with E-state index < -0.39 is 5.97 Å². The van der Waals surface area contributed by atoms with Crippen LogP contribution in [0.3, 0.4) is 0 Å². The lowest BCUT2D eigenvalue weighted by molar-refractivity contribution is -0.137. The fraction of sp³-hybridized carbons (Fsp3) is 0.500. The maximum absolute atomic E-state index is 12.8. The van der Waals surface area contributed by atoms with Crippen LogP contribution in [0.1, 0.15) is 54.7 Å². The highest BCUT2D eigenvalue weighted by Gasteiger charge is 2.33. The molecule has 0 radical (unpaired) electrons. The van der Waals surface area contributed by atoms with Crippen molar-refractivity contribution in [2.45, 2.75) is 45.7 Å². The summed E-state index contributed by atoms with van der Waals surface area (Å²) in [5.74, 6) is 1.01. The molecule has 1 aliphatic heterocycles. The van der Waals surface area contributed by atoms with Gasteiger partial charge in [-0.1, -0.05) is 13.8 Å². The van der Waals surface area contributed by atoms with Crippen LogP contribution in [0.5, 0.6) is 0 Å². The van der Waals surface area contributed by atoms with Crippen LogP contribution in [0, 0.1) is 5.92 Å². The summed E-state index contributed by atoms with van der Waals surface area (Å²) in [5.41, 5.74) is 0.0153. The molecule has 1 N–H and O–H groups in total. The third-order valence-electron chi connectivity index (χ3n) is 4.78. The lowest BCUT2D eigenvalue weighted by Gasteiger charge is -2.37. The number of carboxylic acids is 1. The summed E-state index contributed by atoms with van der Waals surface area (Å²) >= 11 is 0. The summed E-state index contributed by atoms with van der Waals surface area (Å²) in [4.78, 5) is 29.7. The molecule has 0 aromatic carbocycles. The first-order valence-electron chi connectivity index (χ1n) is 8.61. The van der Waals surface area contributed by atoms with Crippen molar-refractivity contribution >= 4 is 11.9 Å². The first-order chi connectivity index (χ1) is 12.0. The zero-order valence-electron chi connectivity index (χ0n) is 14.5. The van der Waals surface area contributed by atoms with Crippen molar-refractivity contribution in [1.29, 1.82) is 0 Å². The topological polar surface area (TPSA) is 88.6 Å². The van der Waals surface area contributed by atoms with E-state index in [0.29, 0.717) is 12.5 Å². The maximum Gasteiger partial charge on any atom is 0.354 e. The molecule has 0 aliphatic carbocycles. The van der Waals surface area contributed by atoms with Gasteiger partial charge in [-0.3, -0.25) is 4.79 Å². The molecular formula is C18H23N3O4. The molecule has 3 heterocycles. The maximum atomic E-state index is 12.8. The van der Waals surface area contributed by atoms with Gasteiger partial charge < -0.3 is 19.0 Å². The fourth-order valence-corrected chi connectivity index (χ4v) is 3.33. The van der Waals surface area contributed by atoms with Crippen molar-refractivity contribution in [3.8, 4) is 0 Å². The van der Waals surface area contributed by atoms with Gasteiger partial charge in [0.25, 0.3) is 0 Å². The number of carbonyl (C=O) groups is 2. The normalized spacial score (nSPS) is 20.6. The van der Waals surface area contributed by atoms with Crippen LogP contribution in [0.4, 0.5) is 0 Å². The minimum atomic E-state index is -1.09. The molecule has 1 saturated heterocycles. The first kappa shape index (κ1) is 17.3. The second-order valence-corrected chi connectivity index (χ2v) is 6.60. The number of nitrogens with zero attached hydrogens (tertiary/aromatic N) is 3. The van der Waals surface area contributed by atoms with Crippen molar-refractivity contribution < 1.29 is 19.1 Å². The van der Waals surface area contributed by atoms with Gasteiger partial charge in [0, 0.05) is 13.0 Å². The molecule has 134 valence electrons. The largest absolute Gasteiger partial charge is 0.477 e. The van der Waals surface area contributed by atoms with E-state index in [1.807, 2.05) is 24.0 Å². The molecule has 7 nitrogen and oxygen atoms in total. The first-order valence-corrected chi connectivity index (χ1v) is 8.61. The smallest absolute Gasteiger partial charge is 0.354 e. The molecular weight excluding hydrogens is 322 g/mol. The molecule has 25 heavy (non-hydrogen) atoms. The minimum Gasteiger partial charge on any atom is -0.477 e. The average molecular weight is 345 g/mol. The predicted molar refractivity (Wildman–Crippen MR) is 90.1 cm³/mol. The predicted octanol–water partition coefficient (Wildman–Crippen LogP) is 2.74. The standard InChI is InChI=1S/C18H23N3O4/c1-3-13-4-5-16(25-13)14-8-12(2)6-7-21(14)17(22)10-20-11-19-9-15(20)18(23)24/h4-5,9,11-12,14H,3,6-8,10H2,1-2H3,(H,23,24)/t12-,14-/m0/s1. The Kier molecular flexibility index (Phi) is 4.92. The number of furan rings is 1. The molecule has 1 fully saturated rings. The van der Waals surface area contributed by atoms with E-state index in [4.69, 9.17) is 4.42 Å². The number of likely N-dealkylation sites (tertiary alicyclic amines) is 1. The fourth-order valence-electron chi connectivity index (χ4n) is 3.33. The van der Waals surface area contributed by atoms with Crippen molar-refractivity contribution in [1.82, 2.24) is 14.5 Å². The Balaban J connectivity index is 1.81. The summed E-state index contributed by atoms with van der Waals surface area (Å²) in [7, 11) is 0. The van der Waals surface area contributed by atoms with Crippen LogP contribution >= 0.6 is 0 Å². The summed E-state index contributed by atoms with van der Waals surface area (Å²) in [6.45, 7) is 4.82. The molecule has 2 aromatic rings. The van der Waals surface area contributed by atoms with E-state index in [1.165, 1.54) is 17.1 Å². The highest BCUT2D eigenvalue weighted by Crippen LogP contribution is 2.35.